The van der Waals surface area contributed by atoms with Crippen LogP contribution in [0.2, 0.25) is 0 Å². The highest BCUT2D eigenvalue weighted by atomic mass is 32.2. The van der Waals surface area contributed by atoms with E-state index in [1.54, 1.807) is 11.8 Å². The third kappa shape index (κ3) is 3.23. The van der Waals surface area contributed by atoms with Gasteiger partial charge in [0.1, 0.15) is 10.8 Å². The largest absolute Gasteiger partial charge is 0.479 e. The van der Waals surface area contributed by atoms with Crippen LogP contribution in [-0.4, -0.2) is 33.8 Å². The number of carboxylic acids is 1. The smallest absolute Gasteiger partial charge is 0.355 e. The average Bonchev–Trinajstić information content (AvgIpc) is 3.01. The summed E-state index contributed by atoms with van der Waals surface area (Å²) in [5.74, 6) is -0.0472. The molecule has 8 heteroatoms. The molecule has 0 radical (unpaired) electrons. The molecule has 1 aliphatic rings. The van der Waals surface area contributed by atoms with Crippen LogP contribution >= 0.6 is 23.1 Å². The van der Waals surface area contributed by atoms with Gasteiger partial charge in [0, 0.05) is 16.0 Å². The topological polar surface area (TPSA) is 88.5 Å². The number of nitrogens with zero attached hydrogens (tertiary/aromatic N) is 1. The number of amides is 1. The van der Waals surface area contributed by atoms with E-state index in [1.807, 2.05) is 24.3 Å². The molecule has 6 nitrogen and oxygen atoms in total. The Morgan fingerprint density at radius 1 is 1.41 bits per heavy atom. The summed E-state index contributed by atoms with van der Waals surface area (Å²) in [6.07, 6.45) is -0.557. The van der Waals surface area contributed by atoms with Gasteiger partial charge in [-0.15, -0.1) is 23.1 Å². The molecule has 0 unspecified atom stereocenters. The number of aromatic carboxylic acids is 1. The van der Waals surface area contributed by atoms with Crippen molar-refractivity contribution in [1.82, 2.24) is 10.3 Å². The molecule has 1 aliphatic heterocycles. The fraction of sp³-hybridized carbons (Fsp3) is 0.214. The van der Waals surface area contributed by atoms with E-state index < -0.39 is 12.1 Å². The number of para-hydroxylation sites is 1. The summed E-state index contributed by atoms with van der Waals surface area (Å²) in [5, 5.41) is 13.5. The maximum Gasteiger partial charge on any atom is 0.355 e. The quantitative estimate of drug-likeness (QED) is 0.888. The van der Waals surface area contributed by atoms with Gasteiger partial charge in [-0.25, -0.2) is 9.78 Å². The molecular weight excluding hydrogens is 324 g/mol. The molecule has 0 spiro atoms. The van der Waals surface area contributed by atoms with Crippen molar-refractivity contribution >= 4 is 35.0 Å². The Bertz CT molecular complexity index is 716. The van der Waals surface area contributed by atoms with Gasteiger partial charge in [0.2, 0.25) is 0 Å². The SMILES string of the molecule is O=C(O)c1csc(CNC(=O)[C@@H]2CSc3ccccc3O2)n1. The van der Waals surface area contributed by atoms with E-state index in [-0.39, 0.29) is 18.1 Å². The number of thioether (sulfide) groups is 1. The molecule has 1 aromatic heterocycles. The summed E-state index contributed by atoms with van der Waals surface area (Å²) < 4.78 is 5.68. The van der Waals surface area contributed by atoms with Gasteiger partial charge in [0.25, 0.3) is 5.91 Å². The summed E-state index contributed by atoms with van der Waals surface area (Å²) in [6, 6.07) is 7.58. The molecular formula is C14H12N2O4S2. The number of aromatic nitrogens is 1. The molecule has 2 aromatic rings. The van der Waals surface area contributed by atoms with E-state index in [9.17, 15) is 9.59 Å². The maximum atomic E-state index is 12.1. The van der Waals surface area contributed by atoms with Crippen LogP contribution in [0.15, 0.2) is 34.5 Å². The number of nitrogens with one attached hydrogen (secondary N) is 1. The molecule has 2 heterocycles. The van der Waals surface area contributed by atoms with E-state index in [0.29, 0.717) is 16.5 Å². The van der Waals surface area contributed by atoms with Crippen LogP contribution in [0, 0.1) is 0 Å². The molecule has 114 valence electrons. The van der Waals surface area contributed by atoms with Gasteiger partial charge in [0.15, 0.2) is 11.8 Å². The first-order chi connectivity index (χ1) is 10.6. The zero-order valence-electron chi connectivity index (χ0n) is 11.3. The minimum Gasteiger partial charge on any atom is -0.479 e. The summed E-state index contributed by atoms with van der Waals surface area (Å²) in [4.78, 5) is 27.8. The summed E-state index contributed by atoms with van der Waals surface area (Å²) in [5.41, 5.74) is -0.00681. The third-order valence-electron chi connectivity index (χ3n) is 2.99. The first-order valence-corrected chi connectivity index (χ1v) is 8.34. The van der Waals surface area contributed by atoms with Crippen molar-refractivity contribution in [1.29, 1.82) is 0 Å². The Morgan fingerprint density at radius 2 is 2.23 bits per heavy atom. The highest BCUT2D eigenvalue weighted by Gasteiger charge is 2.26. The zero-order chi connectivity index (χ0) is 15.5. The zero-order valence-corrected chi connectivity index (χ0v) is 12.9. The number of hydrogen-bond acceptors (Lipinski definition) is 6. The van der Waals surface area contributed by atoms with Crippen LogP contribution in [0.25, 0.3) is 0 Å². The third-order valence-corrected chi connectivity index (χ3v) is 4.95. The van der Waals surface area contributed by atoms with Crippen molar-refractivity contribution in [2.75, 3.05) is 5.75 Å². The number of fused-ring (bicyclic) bond motifs is 1. The number of carboxylic acid groups (broad SMARTS) is 1. The number of hydrogen-bond donors (Lipinski definition) is 2. The van der Waals surface area contributed by atoms with E-state index >= 15 is 0 Å². The van der Waals surface area contributed by atoms with Crippen LogP contribution < -0.4 is 10.1 Å². The van der Waals surface area contributed by atoms with Crippen molar-refractivity contribution < 1.29 is 19.4 Å². The van der Waals surface area contributed by atoms with Crippen molar-refractivity contribution in [3.8, 4) is 5.75 Å². The highest BCUT2D eigenvalue weighted by Crippen LogP contribution is 2.34. The lowest BCUT2D eigenvalue weighted by atomic mass is 10.3. The van der Waals surface area contributed by atoms with E-state index in [2.05, 4.69) is 10.3 Å². The van der Waals surface area contributed by atoms with Gasteiger partial charge in [0.05, 0.1) is 6.54 Å². The maximum absolute atomic E-state index is 12.1. The highest BCUT2D eigenvalue weighted by molar-refractivity contribution is 7.99. The van der Waals surface area contributed by atoms with Crippen LogP contribution in [0.1, 0.15) is 15.5 Å². The van der Waals surface area contributed by atoms with Crippen molar-refractivity contribution in [3.63, 3.8) is 0 Å². The normalized spacial score (nSPS) is 16.5. The van der Waals surface area contributed by atoms with E-state index in [0.717, 1.165) is 4.90 Å². The molecule has 0 bridgehead atoms. The predicted molar refractivity (Wildman–Crippen MR) is 82.5 cm³/mol. The molecule has 0 fully saturated rings. The second-order valence-corrected chi connectivity index (χ2v) is 6.52. The standard InChI is InChI=1S/C14H12N2O4S2/c17-13(15-5-12-16-8(6-22-12)14(18)19)10-7-21-11-4-2-1-3-9(11)20-10/h1-4,6,10H,5,7H2,(H,15,17)(H,18,19)/t10-/m0/s1. The molecule has 22 heavy (non-hydrogen) atoms. The van der Waals surface area contributed by atoms with Gasteiger partial charge in [-0.2, -0.15) is 0 Å². The van der Waals surface area contributed by atoms with Crippen molar-refractivity contribution in [3.05, 3.63) is 40.3 Å². The number of benzene rings is 1. The predicted octanol–water partition coefficient (Wildman–Crippen LogP) is 2.01. The fourth-order valence-electron chi connectivity index (χ4n) is 1.92. The molecule has 3 rings (SSSR count). The van der Waals surface area contributed by atoms with E-state index in [4.69, 9.17) is 9.84 Å². The molecule has 0 saturated carbocycles. The Labute approximate surface area is 134 Å². The minimum absolute atomic E-state index is 0.00681. The minimum atomic E-state index is -1.07. The number of rotatable bonds is 4. The van der Waals surface area contributed by atoms with Gasteiger partial charge in [-0.05, 0) is 12.1 Å². The molecule has 1 amide bonds. The molecule has 1 aromatic carbocycles. The Hall–Kier alpha value is -2.06. The number of ether oxygens (including phenoxy) is 1. The van der Waals surface area contributed by atoms with Gasteiger partial charge >= 0.3 is 5.97 Å². The number of thiazole rings is 1. The van der Waals surface area contributed by atoms with Gasteiger partial charge in [-0.1, -0.05) is 12.1 Å². The molecule has 2 N–H and O–H groups in total. The Morgan fingerprint density at radius 3 is 3.00 bits per heavy atom. The van der Waals surface area contributed by atoms with Crippen LogP contribution in [0.3, 0.4) is 0 Å². The second-order valence-electron chi connectivity index (χ2n) is 4.51. The summed E-state index contributed by atoms with van der Waals surface area (Å²) >= 11 is 2.78. The lowest BCUT2D eigenvalue weighted by Crippen LogP contribution is -2.41. The monoisotopic (exact) mass is 336 g/mol. The number of carbonyl (C=O) groups excluding carboxylic acids is 1. The first kappa shape index (κ1) is 14.9. The summed E-state index contributed by atoms with van der Waals surface area (Å²) in [7, 11) is 0. The summed E-state index contributed by atoms with van der Waals surface area (Å²) in [6.45, 7) is 0.197. The molecule has 0 saturated heterocycles. The van der Waals surface area contributed by atoms with Crippen molar-refractivity contribution in [2.45, 2.75) is 17.5 Å². The van der Waals surface area contributed by atoms with Crippen LogP contribution in [0.4, 0.5) is 0 Å². The number of carbonyl (C=O) groups is 2. The van der Waals surface area contributed by atoms with Crippen molar-refractivity contribution in [2.24, 2.45) is 0 Å². The van der Waals surface area contributed by atoms with Crippen LogP contribution in [0.5, 0.6) is 5.75 Å². The molecule has 1 atom stereocenters. The Kier molecular flexibility index (Phi) is 4.30. The second kappa shape index (κ2) is 6.37. The molecule has 0 aliphatic carbocycles. The average molecular weight is 336 g/mol. The van der Waals surface area contributed by atoms with Crippen LogP contribution in [-0.2, 0) is 11.3 Å². The van der Waals surface area contributed by atoms with E-state index in [1.165, 1.54) is 16.7 Å². The van der Waals surface area contributed by atoms with Gasteiger partial charge in [-0.3, -0.25) is 4.79 Å². The lowest BCUT2D eigenvalue weighted by molar-refractivity contribution is -0.127. The fourth-order valence-corrected chi connectivity index (χ4v) is 3.61. The first-order valence-electron chi connectivity index (χ1n) is 6.47. The Balaban J connectivity index is 1.57. The lowest BCUT2D eigenvalue weighted by Gasteiger charge is -2.24. The van der Waals surface area contributed by atoms with Gasteiger partial charge < -0.3 is 15.2 Å².